The third-order valence-electron chi connectivity index (χ3n) is 5.24. The van der Waals surface area contributed by atoms with E-state index >= 15 is 0 Å². The third-order valence-corrected chi connectivity index (χ3v) is 6.05. The van der Waals surface area contributed by atoms with Gasteiger partial charge in [-0.2, -0.15) is 18.9 Å². The summed E-state index contributed by atoms with van der Waals surface area (Å²) in [5, 5.41) is 17.0. The van der Waals surface area contributed by atoms with Gasteiger partial charge in [0.1, 0.15) is 5.75 Å². The number of methoxy groups -OCH3 is 1. The Morgan fingerprint density at radius 2 is 1.72 bits per heavy atom. The minimum atomic E-state index is -4.76. The highest BCUT2D eigenvalue weighted by Crippen LogP contribution is 2.46. The average Bonchev–Trinajstić information content (AvgIpc) is 3.40. The van der Waals surface area contributed by atoms with E-state index < -0.39 is 24.5 Å². The topological polar surface area (TPSA) is 58.0 Å². The minimum absolute atomic E-state index is 0.0639. The third kappa shape index (κ3) is 3.73. The van der Waals surface area contributed by atoms with E-state index in [4.69, 9.17) is 4.74 Å². The zero-order chi connectivity index (χ0) is 23.1. The summed E-state index contributed by atoms with van der Waals surface area (Å²) >= 11 is 0.920. The number of aliphatic hydroxyl groups is 1. The van der Waals surface area contributed by atoms with Gasteiger partial charge in [-0.1, -0.05) is 29.8 Å². The molecule has 0 amide bonds. The number of ether oxygens (including phenoxy) is 1. The molecule has 2 aromatic carbocycles. The van der Waals surface area contributed by atoms with Crippen molar-refractivity contribution in [3.8, 4) is 17.0 Å². The summed E-state index contributed by atoms with van der Waals surface area (Å²) in [7, 11) is 1.52. The second-order valence-electron chi connectivity index (χ2n) is 7.39. The van der Waals surface area contributed by atoms with Crippen LogP contribution in [0.1, 0.15) is 17.5 Å². The van der Waals surface area contributed by atoms with Gasteiger partial charge >= 0.3 is 12.3 Å². The summed E-state index contributed by atoms with van der Waals surface area (Å²) in [6.07, 6.45) is -4.88. The van der Waals surface area contributed by atoms with E-state index in [1.807, 2.05) is 6.92 Å². The molecule has 4 rings (SSSR count). The van der Waals surface area contributed by atoms with E-state index in [9.17, 15) is 22.7 Å². The fourth-order valence-corrected chi connectivity index (χ4v) is 4.19. The van der Waals surface area contributed by atoms with Crippen molar-refractivity contribution < 1.29 is 27.4 Å². The number of halogens is 4. The fraction of sp³-hybridized carbons (Fsp3) is 0.273. The van der Waals surface area contributed by atoms with Crippen LogP contribution >= 0.6 is 11.3 Å². The van der Waals surface area contributed by atoms with Crippen LogP contribution in [0.25, 0.3) is 11.3 Å². The van der Waals surface area contributed by atoms with Crippen LogP contribution in [0.15, 0.2) is 59.0 Å². The second kappa shape index (κ2) is 8.18. The van der Waals surface area contributed by atoms with E-state index in [1.54, 1.807) is 53.9 Å². The molecule has 0 fully saturated rings. The first-order chi connectivity index (χ1) is 15.2. The van der Waals surface area contributed by atoms with E-state index in [2.05, 4.69) is 10.1 Å². The molecule has 168 valence electrons. The predicted octanol–water partition coefficient (Wildman–Crippen LogP) is 5.33. The molecule has 1 N–H and O–H groups in total. The van der Waals surface area contributed by atoms with Gasteiger partial charge in [0.15, 0.2) is 0 Å². The van der Waals surface area contributed by atoms with Crippen LogP contribution in [0.2, 0.25) is 0 Å². The summed E-state index contributed by atoms with van der Waals surface area (Å²) in [5.41, 5.74) is -0.728. The molecule has 0 aliphatic carbocycles. The largest absolute Gasteiger partial charge is 0.497 e. The maximum atomic E-state index is 14.6. The lowest BCUT2D eigenvalue weighted by Gasteiger charge is -2.36. The van der Waals surface area contributed by atoms with Gasteiger partial charge in [0.25, 0.3) is 0 Å². The van der Waals surface area contributed by atoms with Crippen LogP contribution in [-0.2, 0) is 0 Å². The molecule has 0 spiro atoms. The molecule has 0 saturated heterocycles. The Morgan fingerprint density at radius 1 is 1.09 bits per heavy atom. The number of aromatic nitrogens is 1. The predicted molar refractivity (Wildman–Crippen MR) is 115 cm³/mol. The highest BCUT2D eigenvalue weighted by molar-refractivity contribution is 7.14. The Labute approximate surface area is 185 Å². The van der Waals surface area contributed by atoms with Crippen molar-refractivity contribution in [3.05, 3.63) is 65.0 Å². The Hall–Kier alpha value is -2.98. The number of hydrazone groups is 1. The first-order valence-corrected chi connectivity index (χ1v) is 10.5. The number of alkyl halides is 4. The molecular formula is C22H19F4N3O2S. The van der Waals surface area contributed by atoms with Gasteiger partial charge in [0, 0.05) is 17.4 Å². The molecule has 1 aliphatic rings. The number of nitrogens with zero attached hydrogens (tertiary/aromatic N) is 3. The quantitative estimate of drug-likeness (QED) is 0.500. The number of benzene rings is 2. The van der Waals surface area contributed by atoms with E-state index in [1.165, 1.54) is 7.11 Å². The van der Waals surface area contributed by atoms with Crippen LogP contribution in [0.3, 0.4) is 0 Å². The fourth-order valence-electron chi connectivity index (χ4n) is 3.34. The van der Waals surface area contributed by atoms with Crippen LogP contribution in [0.4, 0.5) is 22.7 Å². The summed E-state index contributed by atoms with van der Waals surface area (Å²) < 4.78 is 60.9. The number of rotatable bonds is 6. The van der Waals surface area contributed by atoms with Crippen molar-refractivity contribution in [2.45, 2.75) is 31.4 Å². The van der Waals surface area contributed by atoms with E-state index in [0.29, 0.717) is 27.6 Å². The zero-order valence-corrected chi connectivity index (χ0v) is 17.9. The summed E-state index contributed by atoms with van der Waals surface area (Å²) in [5.74, 6) is -4.13. The molecule has 3 aromatic rings. The summed E-state index contributed by atoms with van der Waals surface area (Å²) in [6.45, 7) is 1.85. The zero-order valence-electron chi connectivity index (χ0n) is 17.1. The minimum Gasteiger partial charge on any atom is -0.497 e. The van der Waals surface area contributed by atoms with Crippen LogP contribution in [-0.4, -0.2) is 41.0 Å². The highest BCUT2D eigenvalue weighted by atomic mass is 32.1. The Balaban J connectivity index is 1.75. The van der Waals surface area contributed by atoms with Crippen LogP contribution < -0.4 is 9.75 Å². The standard InChI is InChI=1S/C22H19F4N3O2S/c1-13-3-5-14(6-4-13)17-11-21(30,22(25,26)19(23)24)29(28-17)20-27-18(12-32-20)15-7-9-16(31-2)10-8-15/h3-10,12,19,30H,11H2,1-2H3/t21-/m1/s1. The van der Waals surface area contributed by atoms with Crippen molar-refractivity contribution in [1.29, 1.82) is 0 Å². The Bertz CT molecular complexity index is 1130. The summed E-state index contributed by atoms with van der Waals surface area (Å²) in [6, 6.07) is 13.6. The van der Waals surface area contributed by atoms with Crippen molar-refractivity contribution in [1.82, 2.24) is 4.98 Å². The number of aryl methyl sites for hydroxylation is 1. The van der Waals surface area contributed by atoms with Crippen LogP contribution in [0.5, 0.6) is 5.75 Å². The van der Waals surface area contributed by atoms with Crippen LogP contribution in [0, 0.1) is 6.92 Å². The molecule has 10 heteroatoms. The van der Waals surface area contributed by atoms with Gasteiger partial charge in [-0.25, -0.2) is 13.8 Å². The van der Waals surface area contributed by atoms with Gasteiger partial charge in [-0.05, 0) is 36.8 Å². The number of thiazole rings is 1. The molecule has 0 unspecified atom stereocenters. The lowest BCUT2D eigenvalue weighted by molar-refractivity contribution is -0.237. The first-order valence-electron chi connectivity index (χ1n) is 9.59. The monoisotopic (exact) mass is 465 g/mol. The number of hydrogen-bond donors (Lipinski definition) is 1. The molecule has 1 aromatic heterocycles. The maximum Gasteiger partial charge on any atom is 0.355 e. The van der Waals surface area contributed by atoms with Gasteiger partial charge in [-0.3, -0.25) is 0 Å². The van der Waals surface area contributed by atoms with Crippen molar-refractivity contribution in [3.63, 3.8) is 0 Å². The molecule has 0 radical (unpaired) electrons. The van der Waals surface area contributed by atoms with Gasteiger partial charge in [0.2, 0.25) is 10.9 Å². The molecule has 1 aliphatic heterocycles. The number of hydrogen-bond acceptors (Lipinski definition) is 6. The van der Waals surface area contributed by atoms with Crippen molar-refractivity contribution in [2.75, 3.05) is 12.1 Å². The lowest BCUT2D eigenvalue weighted by atomic mass is 9.96. The molecule has 2 heterocycles. The molecule has 0 saturated carbocycles. The van der Waals surface area contributed by atoms with Gasteiger partial charge < -0.3 is 9.84 Å². The molecule has 1 atom stereocenters. The summed E-state index contributed by atoms with van der Waals surface area (Å²) in [4.78, 5) is 4.29. The van der Waals surface area contributed by atoms with Crippen molar-refractivity contribution in [2.24, 2.45) is 5.10 Å². The highest BCUT2D eigenvalue weighted by Gasteiger charge is 2.66. The first kappa shape index (κ1) is 22.2. The Kier molecular flexibility index (Phi) is 5.68. The smallest absolute Gasteiger partial charge is 0.355 e. The van der Waals surface area contributed by atoms with Gasteiger partial charge in [-0.15, -0.1) is 11.3 Å². The van der Waals surface area contributed by atoms with E-state index in [0.717, 1.165) is 16.9 Å². The number of anilines is 1. The Morgan fingerprint density at radius 3 is 2.31 bits per heavy atom. The molecule has 32 heavy (non-hydrogen) atoms. The SMILES string of the molecule is COc1ccc(-c2csc(N3N=C(c4ccc(C)cc4)C[C@@]3(O)C(F)(F)C(F)F)n2)cc1. The molecule has 5 nitrogen and oxygen atoms in total. The van der Waals surface area contributed by atoms with Gasteiger partial charge in [0.05, 0.1) is 18.5 Å². The van der Waals surface area contributed by atoms with Crippen molar-refractivity contribution >= 4 is 22.2 Å². The maximum absolute atomic E-state index is 14.6. The molecule has 0 bridgehead atoms. The van der Waals surface area contributed by atoms with E-state index in [-0.39, 0.29) is 10.8 Å². The lowest BCUT2D eigenvalue weighted by Crippen LogP contribution is -2.60. The second-order valence-corrected chi connectivity index (χ2v) is 8.22. The molecular weight excluding hydrogens is 446 g/mol. The normalized spacial score (nSPS) is 18.9. The average molecular weight is 465 g/mol.